The molecule has 2 saturated carbocycles. The van der Waals surface area contributed by atoms with Crippen LogP contribution in [0.3, 0.4) is 0 Å². The fourth-order valence-electron chi connectivity index (χ4n) is 12.0. The Morgan fingerprint density at radius 2 is 1.22 bits per heavy atom. The summed E-state index contributed by atoms with van der Waals surface area (Å²) >= 11 is 15.3. The highest BCUT2D eigenvalue weighted by Gasteiger charge is 2.37. The van der Waals surface area contributed by atoms with Crippen LogP contribution in [0.25, 0.3) is 33.9 Å². The normalized spacial score (nSPS) is 18.1. The van der Waals surface area contributed by atoms with Crippen molar-refractivity contribution in [3.63, 3.8) is 0 Å². The van der Waals surface area contributed by atoms with Gasteiger partial charge in [-0.3, -0.25) is 28.9 Å². The second-order valence-electron chi connectivity index (χ2n) is 25.1. The number of benzene rings is 5. The molecule has 0 radical (unpaired) electrons. The number of piperazine rings is 1. The molecule has 2 atom stereocenters. The Balaban J connectivity index is 0.000000227. The van der Waals surface area contributed by atoms with Gasteiger partial charge >= 0.3 is 12.2 Å². The average Bonchev–Trinajstić information content (AvgIpc) is 2.13. The van der Waals surface area contributed by atoms with Gasteiger partial charge in [-0.25, -0.2) is 19.8 Å². The number of aromatic amines is 2. The van der Waals surface area contributed by atoms with Crippen LogP contribution in [0.2, 0.25) is 10.6 Å². The number of H-pyrrole nitrogens is 2. The molecule has 0 unspecified atom stereocenters. The van der Waals surface area contributed by atoms with Gasteiger partial charge in [0.2, 0.25) is 34.2 Å². The molecule has 10 rings (SSSR count). The van der Waals surface area contributed by atoms with Crippen LogP contribution in [0.5, 0.6) is 0 Å². The van der Waals surface area contributed by atoms with Crippen LogP contribution in [0.1, 0.15) is 93.6 Å². The van der Waals surface area contributed by atoms with Gasteiger partial charge in [0, 0.05) is 96.5 Å². The molecular weight excluding hydrogens is 1310 g/mol. The molecule has 1 saturated heterocycles. The fraction of sp³-hybridized carbons (Fsp3) is 0.397. The lowest BCUT2D eigenvalue weighted by Crippen LogP contribution is -2.52. The number of nitrogens with two attached hydrogens (primary N) is 1. The third-order valence-corrected chi connectivity index (χ3v) is 17.9. The number of aromatic nitrogens is 6. The third kappa shape index (κ3) is 19.9. The highest BCUT2D eigenvalue weighted by atomic mass is 79.9. The highest BCUT2D eigenvalue weighted by Crippen LogP contribution is 2.35. The second kappa shape index (κ2) is 32.4. The van der Waals surface area contributed by atoms with Crippen molar-refractivity contribution < 1.29 is 43.4 Å². The minimum atomic E-state index is -1.05. The van der Waals surface area contributed by atoms with Crippen LogP contribution in [0.4, 0.5) is 21.0 Å². The first-order valence-corrected chi connectivity index (χ1v) is 33.0. The molecule has 23 nitrogen and oxygen atoms in total. The maximum absolute atomic E-state index is 14.2. The van der Waals surface area contributed by atoms with E-state index in [4.69, 9.17) is 38.8 Å². The van der Waals surface area contributed by atoms with Gasteiger partial charge < -0.3 is 46.6 Å². The van der Waals surface area contributed by atoms with E-state index in [1.807, 2.05) is 98.5 Å². The van der Waals surface area contributed by atoms with E-state index in [0.29, 0.717) is 91.6 Å². The quantitative estimate of drug-likeness (QED) is 0.0352. The lowest BCUT2D eigenvalue weighted by Gasteiger charge is -2.36. The number of amides is 7. The molecule has 3 fully saturated rings. The minimum Gasteiger partial charge on any atom is -0.465 e. The van der Waals surface area contributed by atoms with Crippen LogP contribution < -0.4 is 31.9 Å². The van der Waals surface area contributed by atoms with Crippen molar-refractivity contribution in [2.45, 2.75) is 103 Å². The molecule has 3 heterocycles. The van der Waals surface area contributed by atoms with Crippen molar-refractivity contribution in [3.05, 3.63) is 153 Å². The number of carboxylic acid groups (broad SMARTS) is 1. The smallest absolute Gasteiger partial charge is 0.407 e. The summed E-state index contributed by atoms with van der Waals surface area (Å²) in [4.78, 5) is 105. The van der Waals surface area contributed by atoms with Gasteiger partial charge in [0.05, 0.1) is 0 Å². The van der Waals surface area contributed by atoms with Gasteiger partial charge in [0.1, 0.15) is 17.7 Å². The molecule has 9 N–H and O–H groups in total. The number of carbonyl (C=O) groups is 7. The van der Waals surface area contributed by atoms with E-state index >= 15 is 0 Å². The fourth-order valence-corrected chi connectivity index (χ4v) is 12.7. The van der Waals surface area contributed by atoms with Crippen molar-refractivity contribution >= 4 is 92.2 Å². The number of rotatable bonds is 20. The van der Waals surface area contributed by atoms with Crippen molar-refractivity contribution in [2.75, 3.05) is 56.5 Å². The number of primary amides is 1. The van der Waals surface area contributed by atoms with E-state index in [9.17, 15) is 33.6 Å². The van der Waals surface area contributed by atoms with Crippen LogP contribution in [0, 0.1) is 23.7 Å². The molecule has 3 aliphatic rings. The minimum absolute atomic E-state index is 0.00944. The number of alkyl carbamates (subject to hydrolysis) is 1. The molecule has 26 heteroatoms. The van der Waals surface area contributed by atoms with Gasteiger partial charge in [-0.15, -0.1) is 0 Å². The predicted molar refractivity (Wildman–Crippen MR) is 363 cm³/mol. The lowest BCUT2D eigenvalue weighted by atomic mass is 9.81. The van der Waals surface area contributed by atoms with Crippen LogP contribution in [-0.4, -0.2) is 151 Å². The lowest BCUT2D eigenvalue weighted by molar-refractivity contribution is -0.130. The molecular formula is C68H79BrCl2N14O9. The second-order valence-corrected chi connectivity index (χ2v) is 26.8. The first-order chi connectivity index (χ1) is 45.0. The first kappa shape index (κ1) is 69.6. The largest absolute Gasteiger partial charge is 0.465 e. The topological polar surface area (TPSA) is 316 Å². The zero-order valence-electron chi connectivity index (χ0n) is 52.9. The number of nitrogens with zero attached hydrogens (tertiary/aromatic N) is 7. The number of anilines is 2. The summed E-state index contributed by atoms with van der Waals surface area (Å²) < 4.78 is 6.21. The van der Waals surface area contributed by atoms with E-state index in [1.54, 1.807) is 53.4 Å². The summed E-state index contributed by atoms with van der Waals surface area (Å²) in [5, 5.41) is 33.9. The maximum Gasteiger partial charge on any atom is 0.407 e. The Hall–Kier alpha value is -8.71. The maximum atomic E-state index is 14.2. The van der Waals surface area contributed by atoms with Gasteiger partial charge in [0.25, 0.3) is 5.91 Å². The molecule has 2 aliphatic carbocycles. The number of carbonyl (C=O) groups excluding carboxylic acids is 6. The summed E-state index contributed by atoms with van der Waals surface area (Å²) in [6.07, 6.45) is 4.43. The van der Waals surface area contributed by atoms with Crippen molar-refractivity contribution in [2.24, 2.45) is 29.4 Å². The molecule has 0 spiro atoms. The van der Waals surface area contributed by atoms with E-state index in [1.165, 1.54) is 0 Å². The van der Waals surface area contributed by atoms with Gasteiger partial charge in [0.15, 0.2) is 11.6 Å². The Bertz CT molecular complexity index is 3770. The van der Waals surface area contributed by atoms with Crippen molar-refractivity contribution in [1.29, 1.82) is 0 Å². The van der Waals surface area contributed by atoms with E-state index in [2.05, 4.69) is 79.5 Å². The summed E-state index contributed by atoms with van der Waals surface area (Å²) in [5.41, 5.74) is 12.0. The monoisotopic (exact) mass is 1380 g/mol. The Labute approximate surface area is 564 Å². The standard InChI is InChI=1S/C38H43ClN8O5.C30H36BrClN6O4/c1-46-16-18-47(19-17-46)36(50)30-7-3-6-29(22-30)28-5-2-4-25(20-28)21-32(42-34(48)27-10-8-24(9-11-27)23-40-38(51)52)35(49)41-31-14-12-26(13-15-31)33-43-37(39)45-44-33;1-30(2,3)42-29(41)34-17-18-7-9-21(10-8-18)27(40)38(24(25(33)39)16-19-5-4-6-22(31)15-19)23-13-11-20(12-14-23)26-35-28(32)37-36-26/h2-7,12-15,20,22,24,27,32,40H,8-11,16-19,21,23H2,1H3,(H,41,49)(H,42,48)(H,51,52)(H,43,44,45);4-6,11-15,18,21,24H,7-10,16-17H2,1-3H3,(H2,33,39)(H,34,41)(H,35,36,37)/t24?,27?,32-;18?,21?,24-/m00/s1. The van der Waals surface area contributed by atoms with Gasteiger partial charge in [-0.2, -0.15) is 20.2 Å². The molecule has 7 amide bonds. The van der Waals surface area contributed by atoms with Gasteiger partial charge in [-0.05, 0) is 209 Å². The molecule has 0 bridgehead atoms. The summed E-state index contributed by atoms with van der Waals surface area (Å²) in [6, 6.07) is 35.3. The highest BCUT2D eigenvalue weighted by molar-refractivity contribution is 9.10. The number of nitrogens with one attached hydrogen (secondary N) is 6. The Morgan fingerprint density at radius 3 is 1.78 bits per heavy atom. The molecule has 496 valence electrons. The Morgan fingerprint density at radius 1 is 0.681 bits per heavy atom. The van der Waals surface area contributed by atoms with Crippen molar-refractivity contribution in [3.8, 4) is 33.9 Å². The Kier molecular flexibility index (Phi) is 24.0. The third-order valence-electron chi connectivity index (χ3n) is 17.0. The molecule has 1 aliphatic heterocycles. The van der Waals surface area contributed by atoms with Crippen LogP contribution in [0.15, 0.2) is 126 Å². The molecule has 7 aromatic rings. The summed E-state index contributed by atoms with van der Waals surface area (Å²) in [5.74, 6) is -0.628. The van der Waals surface area contributed by atoms with Crippen LogP contribution in [-0.2, 0) is 36.8 Å². The molecule has 5 aromatic carbocycles. The van der Waals surface area contributed by atoms with Crippen molar-refractivity contribution in [1.82, 2.24) is 56.1 Å². The SMILES string of the molecule is CC(C)(C)OC(=O)NCC1CCC(C(=O)N(c2ccc(-c3n[nH]c(Cl)n3)cc2)[C@@H](Cc2cccc(Br)c2)C(N)=O)CC1.CN1CCN(C(=O)c2cccc(-c3cccc(C[C@H](NC(=O)C4CCC(CNC(=O)O)CC4)C(=O)Nc4ccc(-c5n[nH]c(Cl)n5)cc4)c3)c2)CC1. The van der Waals surface area contributed by atoms with E-state index < -0.39 is 35.8 Å². The zero-order chi connectivity index (χ0) is 67.1. The first-order valence-electron chi connectivity index (χ1n) is 31.5. The van der Waals surface area contributed by atoms with Crippen LogP contribution >= 0.6 is 39.1 Å². The molecule has 94 heavy (non-hydrogen) atoms. The summed E-state index contributed by atoms with van der Waals surface area (Å²) in [6.45, 7) is 9.37. The van der Waals surface area contributed by atoms with E-state index in [0.717, 1.165) is 65.5 Å². The number of hydrogen-bond acceptors (Lipinski definition) is 13. The number of halogens is 3. The number of likely N-dealkylation sites (N-methyl/N-ethyl adjacent to an activating group) is 1. The van der Waals surface area contributed by atoms with Gasteiger partial charge in [-0.1, -0.05) is 64.5 Å². The van der Waals surface area contributed by atoms with E-state index in [-0.39, 0.29) is 70.7 Å². The number of ether oxygens (including phenoxy) is 1. The molecule has 2 aromatic heterocycles. The number of hydrogen-bond donors (Lipinski definition) is 8. The predicted octanol–water partition coefficient (Wildman–Crippen LogP) is 10.6. The summed E-state index contributed by atoms with van der Waals surface area (Å²) in [7, 11) is 2.06. The average molecular weight is 1390 g/mol. The zero-order valence-corrected chi connectivity index (χ0v) is 56.0.